The molecule has 0 aliphatic heterocycles. The summed E-state index contributed by atoms with van der Waals surface area (Å²) in [6.07, 6.45) is 3.31. The Morgan fingerprint density at radius 3 is 2.09 bits per heavy atom. The molecule has 0 heterocycles. The average Bonchev–Trinajstić information content (AvgIpc) is 2.78. The van der Waals surface area contributed by atoms with Crippen LogP contribution in [0.5, 0.6) is 0 Å². The maximum absolute atomic E-state index is 13.7. The molecule has 0 bridgehead atoms. The van der Waals surface area contributed by atoms with Crippen LogP contribution in [0, 0.1) is 20.8 Å². The molecule has 0 aliphatic rings. The van der Waals surface area contributed by atoms with Crippen LogP contribution in [0.2, 0.25) is 0 Å². The summed E-state index contributed by atoms with van der Waals surface area (Å²) in [4.78, 5) is 28.3. The molecule has 0 radical (unpaired) electrons. The van der Waals surface area contributed by atoms with E-state index in [-0.39, 0.29) is 19.0 Å². The number of nitrogens with one attached hydrogen (secondary N) is 1. The second-order valence-corrected chi connectivity index (χ2v) is 11.0. The summed E-state index contributed by atoms with van der Waals surface area (Å²) in [7, 11) is -3.75. The van der Waals surface area contributed by atoms with Crippen molar-refractivity contribution in [3.63, 3.8) is 0 Å². The van der Waals surface area contributed by atoms with Gasteiger partial charge >= 0.3 is 0 Å². The van der Waals surface area contributed by atoms with Crippen LogP contribution in [0.15, 0.2) is 42.5 Å². The van der Waals surface area contributed by atoms with Gasteiger partial charge in [0.15, 0.2) is 0 Å². The van der Waals surface area contributed by atoms with Gasteiger partial charge in [-0.1, -0.05) is 68.3 Å². The Hall–Kier alpha value is -2.87. The van der Waals surface area contributed by atoms with E-state index in [1.54, 1.807) is 0 Å². The number of nitrogens with zero attached hydrogens (tertiary/aromatic N) is 2. The molecular formula is C27H39N3O4S. The summed E-state index contributed by atoms with van der Waals surface area (Å²) in [6, 6.07) is 12.6. The average molecular weight is 502 g/mol. The first-order valence-corrected chi connectivity index (χ1v) is 14.0. The highest BCUT2D eigenvalue weighted by Gasteiger charge is 2.32. The summed E-state index contributed by atoms with van der Waals surface area (Å²) in [5.41, 5.74) is 3.99. The fourth-order valence-corrected chi connectivity index (χ4v) is 5.06. The van der Waals surface area contributed by atoms with Gasteiger partial charge in [0.2, 0.25) is 21.8 Å². The number of anilines is 1. The Morgan fingerprint density at radius 1 is 0.971 bits per heavy atom. The minimum absolute atomic E-state index is 0.211. The van der Waals surface area contributed by atoms with Crippen molar-refractivity contribution in [3.8, 4) is 0 Å². The molecule has 7 nitrogen and oxygen atoms in total. The molecular weight excluding hydrogens is 462 g/mol. The molecule has 1 atom stereocenters. The van der Waals surface area contributed by atoms with E-state index in [9.17, 15) is 18.0 Å². The van der Waals surface area contributed by atoms with Crippen LogP contribution >= 0.6 is 0 Å². The normalized spacial score (nSPS) is 12.2. The van der Waals surface area contributed by atoms with Gasteiger partial charge in [-0.05, 0) is 50.3 Å². The van der Waals surface area contributed by atoms with E-state index in [1.807, 2.05) is 77.1 Å². The van der Waals surface area contributed by atoms with Crippen LogP contribution in [0.4, 0.5) is 5.69 Å². The van der Waals surface area contributed by atoms with Gasteiger partial charge in [-0.15, -0.1) is 0 Å². The van der Waals surface area contributed by atoms with E-state index in [2.05, 4.69) is 5.32 Å². The number of aryl methyl sites for hydroxylation is 3. The molecule has 35 heavy (non-hydrogen) atoms. The lowest BCUT2D eigenvalue weighted by molar-refractivity contribution is -0.140. The Bertz CT molecular complexity index is 1090. The summed E-state index contributed by atoms with van der Waals surface area (Å²) in [6.45, 7) is 9.91. The molecule has 2 rings (SSSR count). The Morgan fingerprint density at radius 2 is 1.57 bits per heavy atom. The number of carbonyl (C=O) groups excluding carboxylic acids is 2. The minimum Gasteiger partial charge on any atom is -0.354 e. The molecule has 0 saturated heterocycles. The fraction of sp³-hybridized carbons (Fsp3) is 0.481. The third-order valence-corrected chi connectivity index (χ3v) is 7.17. The zero-order valence-electron chi connectivity index (χ0n) is 21.8. The highest BCUT2D eigenvalue weighted by Crippen LogP contribution is 2.27. The van der Waals surface area contributed by atoms with Crippen LogP contribution in [-0.4, -0.2) is 50.5 Å². The van der Waals surface area contributed by atoms with Crippen molar-refractivity contribution < 1.29 is 18.0 Å². The maximum Gasteiger partial charge on any atom is 0.244 e. The van der Waals surface area contributed by atoms with E-state index in [1.165, 1.54) is 4.90 Å². The lowest BCUT2D eigenvalue weighted by Crippen LogP contribution is -2.52. The van der Waals surface area contributed by atoms with Crippen molar-refractivity contribution in [1.29, 1.82) is 0 Å². The SMILES string of the molecule is CCCCNC(=O)[C@H](CC)N(Cc1ccc(C)cc1)C(=O)CN(c1c(C)cccc1C)S(C)(=O)=O. The van der Waals surface area contributed by atoms with Gasteiger partial charge in [-0.2, -0.15) is 0 Å². The van der Waals surface area contributed by atoms with E-state index < -0.39 is 22.0 Å². The summed E-state index contributed by atoms with van der Waals surface area (Å²) in [5, 5.41) is 2.93. The second kappa shape index (κ2) is 12.7. The second-order valence-electron chi connectivity index (χ2n) is 9.09. The monoisotopic (exact) mass is 501 g/mol. The van der Waals surface area contributed by atoms with Gasteiger partial charge < -0.3 is 10.2 Å². The summed E-state index contributed by atoms with van der Waals surface area (Å²) >= 11 is 0. The Labute approximate surface area is 210 Å². The number of hydrogen-bond acceptors (Lipinski definition) is 4. The van der Waals surface area contributed by atoms with E-state index in [4.69, 9.17) is 0 Å². The number of hydrogen-bond donors (Lipinski definition) is 1. The van der Waals surface area contributed by atoms with Crippen molar-refractivity contribution >= 4 is 27.5 Å². The Balaban J connectivity index is 2.45. The van der Waals surface area contributed by atoms with Gasteiger partial charge in [-0.25, -0.2) is 8.42 Å². The van der Waals surface area contributed by atoms with Gasteiger partial charge in [0, 0.05) is 13.1 Å². The van der Waals surface area contributed by atoms with Gasteiger partial charge in [-0.3, -0.25) is 13.9 Å². The van der Waals surface area contributed by atoms with Crippen LogP contribution in [-0.2, 0) is 26.2 Å². The topological polar surface area (TPSA) is 86.8 Å². The van der Waals surface area contributed by atoms with Gasteiger partial charge in [0.05, 0.1) is 11.9 Å². The van der Waals surface area contributed by atoms with Crippen molar-refractivity contribution in [3.05, 3.63) is 64.7 Å². The van der Waals surface area contributed by atoms with Crippen molar-refractivity contribution in [1.82, 2.24) is 10.2 Å². The summed E-state index contributed by atoms with van der Waals surface area (Å²) in [5.74, 6) is -0.643. The third-order valence-electron chi connectivity index (χ3n) is 6.06. The number of sulfonamides is 1. The lowest BCUT2D eigenvalue weighted by Gasteiger charge is -2.33. The largest absolute Gasteiger partial charge is 0.354 e. The number of benzene rings is 2. The van der Waals surface area contributed by atoms with Crippen molar-refractivity contribution in [2.45, 2.75) is 66.5 Å². The molecule has 2 aromatic rings. The number of para-hydroxylation sites is 1. The molecule has 0 unspecified atom stereocenters. The number of rotatable bonds is 12. The number of carbonyl (C=O) groups is 2. The fourth-order valence-electron chi connectivity index (χ4n) is 4.09. The highest BCUT2D eigenvalue weighted by atomic mass is 32.2. The van der Waals surface area contributed by atoms with Gasteiger partial charge in [0.25, 0.3) is 0 Å². The molecule has 0 aromatic heterocycles. The highest BCUT2D eigenvalue weighted by molar-refractivity contribution is 7.92. The lowest BCUT2D eigenvalue weighted by atomic mass is 10.1. The van der Waals surface area contributed by atoms with Crippen LogP contribution in [0.1, 0.15) is 55.4 Å². The zero-order chi connectivity index (χ0) is 26.2. The van der Waals surface area contributed by atoms with E-state index in [0.717, 1.165) is 45.7 Å². The molecule has 1 N–H and O–H groups in total. The standard InChI is InChI=1S/C27H39N3O4S/c1-7-9-17-28-27(32)24(8-2)29(18-23-15-13-20(3)14-16-23)25(31)19-30(35(6,33)34)26-21(4)11-10-12-22(26)5/h10-16,24H,7-9,17-19H2,1-6H3,(H,28,32)/t24-/m0/s1. The first-order chi connectivity index (χ1) is 16.5. The smallest absolute Gasteiger partial charge is 0.244 e. The van der Waals surface area contributed by atoms with Crippen LogP contribution in [0.25, 0.3) is 0 Å². The molecule has 0 spiro atoms. The van der Waals surface area contributed by atoms with Gasteiger partial charge in [0.1, 0.15) is 12.6 Å². The van der Waals surface area contributed by atoms with Crippen molar-refractivity contribution in [2.24, 2.45) is 0 Å². The first kappa shape index (κ1) is 28.4. The van der Waals surface area contributed by atoms with E-state index in [0.29, 0.717) is 18.7 Å². The summed E-state index contributed by atoms with van der Waals surface area (Å²) < 4.78 is 26.8. The number of unbranched alkanes of at least 4 members (excludes halogenated alkanes) is 1. The maximum atomic E-state index is 13.7. The molecule has 0 saturated carbocycles. The van der Waals surface area contributed by atoms with Crippen LogP contribution < -0.4 is 9.62 Å². The molecule has 2 aromatic carbocycles. The quantitative estimate of drug-likeness (QED) is 0.444. The number of amides is 2. The minimum atomic E-state index is -3.75. The molecule has 2 amide bonds. The van der Waals surface area contributed by atoms with E-state index >= 15 is 0 Å². The zero-order valence-corrected chi connectivity index (χ0v) is 22.6. The first-order valence-electron chi connectivity index (χ1n) is 12.2. The molecule has 0 fully saturated rings. The van der Waals surface area contributed by atoms with Crippen LogP contribution in [0.3, 0.4) is 0 Å². The predicted molar refractivity (Wildman–Crippen MR) is 142 cm³/mol. The molecule has 192 valence electrons. The Kier molecular flexibility index (Phi) is 10.3. The predicted octanol–water partition coefficient (Wildman–Crippen LogP) is 4.10. The molecule has 0 aliphatic carbocycles. The third kappa shape index (κ3) is 7.82. The molecule has 8 heteroatoms. The van der Waals surface area contributed by atoms with Crippen molar-refractivity contribution in [2.75, 3.05) is 23.7 Å².